The lowest BCUT2D eigenvalue weighted by atomic mass is 9.94. The third kappa shape index (κ3) is 4.44. The number of nitrogens with zero attached hydrogens (tertiary/aromatic N) is 1. The van der Waals surface area contributed by atoms with Crippen molar-refractivity contribution in [3.8, 4) is 0 Å². The van der Waals surface area contributed by atoms with Gasteiger partial charge in [0.05, 0.1) is 18.6 Å². The lowest BCUT2D eigenvalue weighted by molar-refractivity contribution is -0.141. The van der Waals surface area contributed by atoms with Gasteiger partial charge in [0.1, 0.15) is 0 Å². The number of nitrogens with one attached hydrogen (secondary N) is 2. The minimum Gasteiger partial charge on any atom is -0.381 e. The molecule has 3 aliphatic rings. The van der Waals surface area contributed by atoms with Crippen LogP contribution in [0.2, 0.25) is 0 Å². The highest BCUT2D eigenvalue weighted by Gasteiger charge is 2.30. The third-order valence-electron chi connectivity index (χ3n) is 5.28. The predicted octanol–water partition coefficient (Wildman–Crippen LogP) is 0.520. The topological polar surface area (TPSA) is 70.7 Å². The standard InChI is InChI=1S/C17H29N3O3/c21-16(15-6-1-7-18-15)19-10-13-4-2-8-20(11-13)17(22)14-5-3-9-23-12-14/h13-15,18H,1-12H2,(H,19,21). The molecule has 0 aromatic heterocycles. The quantitative estimate of drug-likeness (QED) is 0.791. The average Bonchev–Trinajstić information content (AvgIpc) is 3.15. The first-order valence-electron chi connectivity index (χ1n) is 9.11. The lowest BCUT2D eigenvalue weighted by Crippen LogP contribution is -2.48. The largest absolute Gasteiger partial charge is 0.381 e. The summed E-state index contributed by atoms with van der Waals surface area (Å²) >= 11 is 0. The SMILES string of the molecule is O=C(NCC1CCCN(C(=O)C2CCCOC2)C1)C1CCCN1. The number of likely N-dealkylation sites (tertiary alicyclic amines) is 1. The van der Waals surface area contributed by atoms with Crippen molar-refractivity contribution in [3.05, 3.63) is 0 Å². The Hall–Kier alpha value is -1.14. The van der Waals surface area contributed by atoms with E-state index in [-0.39, 0.29) is 23.8 Å². The van der Waals surface area contributed by atoms with E-state index in [0.29, 0.717) is 19.1 Å². The summed E-state index contributed by atoms with van der Waals surface area (Å²) in [7, 11) is 0. The van der Waals surface area contributed by atoms with Crippen molar-refractivity contribution in [2.24, 2.45) is 11.8 Å². The molecule has 0 saturated carbocycles. The monoisotopic (exact) mass is 323 g/mol. The van der Waals surface area contributed by atoms with Gasteiger partial charge in [0, 0.05) is 26.2 Å². The second kappa shape index (κ2) is 8.11. The van der Waals surface area contributed by atoms with Crippen LogP contribution in [0.3, 0.4) is 0 Å². The predicted molar refractivity (Wildman–Crippen MR) is 86.9 cm³/mol. The van der Waals surface area contributed by atoms with Gasteiger partial charge >= 0.3 is 0 Å². The van der Waals surface area contributed by atoms with Gasteiger partial charge < -0.3 is 20.3 Å². The second-order valence-corrected chi connectivity index (χ2v) is 7.10. The Bertz CT molecular complexity index is 417. The van der Waals surface area contributed by atoms with E-state index in [0.717, 1.165) is 64.8 Å². The fourth-order valence-electron chi connectivity index (χ4n) is 3.90. The molecule has 3 atom stereocenters. The van der Waals surface area contributed by atoms with Crippen molar-refractivity contribution in [1.82, 2.24) is 15.5 Å². The molecule has 130 valence electrons. The number of rotatable bonds is 4. The van der Waals surface area contributed by atoms with Crippen molar-refractivity contribution >= 4 is 11.8 Å². The summed E-state index contributed by atoms with van der Waals surface area (Å²) in [6.45, 7) is 4.60. The molecule has 3 unspecified atom stereocenters. The van der Waals surface area contributed by atoms with E-state index >= 15 is 0 Å². The first-order valence-corrected chi connectivity index (χ1v) is 9.11. The first-order chi connectivity index (χ1) is 11.2. The highest BCUT2D eigenvalue weighted by molar-refractivity contribution is 5.82. The fourth-order valence-corrected chi connectivity index (χ4v) is 3.90. The van der Waals surface area contributed by atoms with E-state index in [9.17, 15) is 9.59 Å². The molecule has 3 fully saturated rings. The molecule has 3 rings (SSSR count). The normalized spacial score (nSPS) is 31.8. The van der Waals surface area contributed by atoms with Gasteiger partial charge in [-0.1, -0.05) is 0 Å². The van der Waals surface area contributed by atoms with Crippen LogP contribution in [0.25, 0.3) is 0 Å². The minimum atomic E-state index is -0.0179. The highest BCUT2D eigenvalue weighted by Crippen LogP contribution is 2.22. The van der Waals surface area contributed by atoms with Crippen molar-refractivity contribution < 1.29 is 14.3 Å². The van der Waals surface area contributed by atoms with Crippen molar-refractivity contribution in [1.29, 1.82) is 0 Å². The van der Waals surface area contributed by atoms with E-state index < -0.39 is 0 Å². The summed E-state index contributed by atoms with van der Waals surface area (Å²) < 4.78 is 5.45. The summed E-state index contributed by atoms with van der Waals surface area (Å²) in [4.78, 5) is 26.7. The molecule has 0 bridgehead atoms. The van der Waals surface area contributed by atoms with E-state index in [1.165, 1.54) is 0 Å². The number of carbonyl (C=O) groups is 2. The van der Waals surface area contributed by atoms with Gasteiger partial charge in [-0.3, -0.25) is 9.59 Å². The highest BCUT2D eigenvalue weighted by atomic mass is 16.5. The second-order valence-electron chi connectivity index (χ2n) is 7.10. The van der Waals surface area contributed by atoms with Gasteiger partial charge in [0.25, 0.3) is 0 Å². The van der Waals surface area contributed by atoms with Crippen LogP contribution >= 0.6 is 0 Å². The molecular formula is C17H29N3O3. The van der Waals surface area contributed by atoms with Crippen LogP contribution in [-0.2, 0) is 14.3 Å². The summed E-state index contributed by atoms with van der Waals surface area (Å²) in [5.74, 6) is 0.784. The molecule has 3 saturated heterocycles. The maximum Gasteiger partial charge on any atom is 0.237 e. The number of hydrogen-bond acceptors (Lipinski definition) is 4. The Morgan fingerprint density at radius 1 is 1.17 bits per heavy atom. The zero-order chi connectivity index (χ0) is 16.1. The Kier molecular flexibility index (Phi) is 5.89. The molecule has 0 aromatic carbocycles. The first kappa shape index (κ1) is 16.7. The van der Waals surface area contributed by atoms with Crippen LogP contribution in [-0.4, -0.2) is 62.1 Å². The van der Waals surface area contributed by atoms with Gasteiger partial charge in [-0.2, -0.15) is 0 Å². The summed E-state index contributed by atoms with van der Waals surface area (Å²) in [5.41, 5.74) is 0. The summed E-state index contributed by atoms with van der Waals surface area (Å²) in [6.07, 6.45) is 6.06. The van der Waals surface area contributed by atoms with Crippen LogP contribution in [0.1, 0.15) is 38.5 Å². The Labute approximate surface area is 138 Å². The molecule has 2 N–H and O–H groups in total. The zero-order valence-electron chi connectivity index (χ0n) is 13.9. The lowest BCUT2D eigenvalue weighted by Gasteiger charge is -2.36. The van der Waals surface area contributed by atoms with Crippen molar-refractivity contribution in [2.45, 2.75) is 44.6 Å². The smallest absolute Gasteiger partial charge is 0.237 e. The molecule has 3 heterocycles. The average molecular weight is 323 g/mol. The van der Waals surface area contributed by atoms with Crippen LogP contribution < -0.4 is 10.6 Å². The van der Waals surface area contributed by atoms with E-state index in [4.69, 9.17) is 4.74 Å². The maximum atomic E-state index is 12.6. The number of hydrogen-bond donors (Lipinski definition) is 2. The van der Waals surface area contributed by atoms with Crippen LogP contribution in [0, 0.1) is 11.8 Å². The van der Waals surface area contributed by atoms with Crippen LogP contribution in [0.4, 0.5) is 0 Å². The molecule has 2 amide bonds. The number of piperidine rings is 1. The molecule has 3 aliphatic heterocycles. The molecule has 23 heavy (non-hydrogen) atoms. The van der Waals surface area contributed by atoms with Gasteiger partial charge in [-0.15, -0.1) is 0 Å². The Morgan fingerprint density at radius 2 is 2.09 bits per heavy atom. The number of amides is 2. The third-order valence-corrected chi connectivity index (χ3v) is 5.28. The van der Waals surface area contributed by atoms with E-state index in [1.807, 2.05) is 4.90 Å². The van der Waals surface area contributed by atoms with Crippen LogP contribution in [0.5, 0.6) is 0 Å². The van der Waals surface area contributed by atoms with E-state index in [2.05, 4.69) is 10.6 Å². The molecule has 0 aliphatic carbocycles. The van der Waals surface area contributed by atoms with Crippen molar-refractivity contribution in [3.63, 3.8) is 0 Å². The maximum absolute atomic E-state index is 12.6. The molecule has 0 spiro atoms. The molecular weight excluding hydrogens is 294 g/mol. The fraction of sp³-hybridized carbons (Fsp3) is 0.882. The Morgan fingerprint density at radius 3 is 2.83 bits per heavy atom. The van der Waals surface area contributed by atoms with Gasteiger partial charge in [-0.05, 0) is 51.0 Å². The minimum absolute atomic E-state index is 0.0179. The van der Waals surface area contributed by atoms with Crippen LogP contribution in [0.15, 0.2) is 0 Å². The molecule has 6 heteroatoms. The van der Waals surface area contributed by atoms with E-state index in [1.54, 1.807) is 0 Å². The molecule has 0 radical (unpaired) electrons. The number of carbonyl (C=O) groups excluding carboxylic acids is 2. The Balaban J connectivity index is 1.44. The number of ether oxygens (including phenoxy) is 1. The molecule has 6 nitrogen and oxygen atoms in total. The van der Waals surface area contributed by atoms with Crippen molar-refractivity contribution in [2.75, 3.05) is 39.4 Å². The molecule has 0 aromatic rings. The van der Waals surface area contributed by atoms with Gasteiger partial charge in [0.2, 0.25) is 11.8 Å². The van der Waals surface area contributed by atoms with Gasteiger partial charge in [0.15, 0.2) is 0 Å². The summed E-state index contributed by atoms with van der Waals surface area (Å²) in [6, 6.07) is -0.0179. The summed E-state index contributed by atoms with van der Waals surface area (Å²) in [5, 5.41) is 6.29. The zero-order valence-corrected chi connectivity index (χ0v) is 13.9. The van der Waals surface area contributed by atoms with Gasteiger partial charge in [-0.25, -0.2) is 0 Å².